The summed E-state index contributed by atoms with van der Waals surface area (Å²) >= 11 is 0. The van der Waals surface area contributed by atoms with Gasteiger partial charge in [0.25, 0.3) is 0 Å². The molecule has 0 aliphatic carbocycles. The van der Waals surface area contributed by atoms with Crippen molar-refractivity contribution < 1.29 is 22.0 Å². The summed E-state index contributed by atoms with van der Waals surface area (Å²) in [6, 6.07) is 0. The number of halogens is 1. The van der Waals surface area contributed by atoms with Crippen molar-refractivity contribution in [2.24, 2.45) is 32.0 Å². The van der Waals surface area contributed by atoms with Gasteiger partial charge >= 0.3 is 0 Å². The molecule has 0 aromatic rings. The summed E-state index contributed by atoms with van der Waals surface area (Å²) in [6.45, 7) is 15.0. The molecule has 0 aromatic heterocycles. The average Bonchev–Trinajstić information content (AvgIpc) is 2.66. The molecular weight excluding hydrogens is 477 g/mol. The zero-order valence-electron chi connectivity index (χ0n) is 17.6. The van der Waals surface area contributed by atoms with Crippen molar-refractivity contribution >= 4 is 39.8 Å². The van der Waals surface area contributed by atoms with Crippen LogP contribution >= 0.6 is 17.0 Å². The first-order chi connectivity index (χ1) is 12.0. The van der Waals surface area contributed by atoms with Crippen LogP contribution in [0, 0.1) is 27.0 Å². The van der Waals surface area contributed by atoms with E-state index in [2.05, 4.69) is 46.7 Å². The third-order valence-corrected chi connectivity index (χ3v) is 4.10. The zero-order valence-corrected chi connectivity index (χ0v) is 20.3. The minimum absolute atomic E-state index is 0. The molecule has 0 saturated carbocycles. The topological polar surface area (TPSA) is 153 Å². The van der Waals surface area contributed by atoms with Gasteiger partial charge in [-0.1, -0.05) is 38.8 Å². The van der Waals surface area contributed by atoms with Crippen molar-refractivity contribution in [2.45, 2.75) is 61.3 Å². The predicted octanol–water partition coefficient (Wildman–Crippen LogP) is 5.09. The normalized spacial score (nSPS) is 16.4. The molecule has 169 valence electrons. The Morgan fingerprint density at radius 1 is 0.821 bits per heavy atom. The molecule has 0 bridgehead atoms. The van der Waals surface area contributed by atoms with E-state index in [4.69, 9.17) is 5.21 Å². The maximum Gasteiger partial charge on any atom is 0.0967 e. The molecule has 11 heteroatoms. The van der Waals surface area contributed by atoms with Gasteiger partial charge in [0.15, 0.2) is 0 Å². The monoisotopic (exact) mass is 508 g/mol. The third kappa shape index (κ3) is 17.0. The number of hydrogen-bond acceptors (Lipinski definition) is 8. The van der Waals surface area contributed by atoms with Crippen LogP contribution in [-0.4, -0.2) is 41.1 Å². The molecule has 0 amide bonds. The molecule has 0 atom stereocenters. The number of oxime groups is 1. The van der Waals surface area contributed by atoms with Crippen LogP contribution in [0.15, 0.2) is 20.6 Å². The molecule has 1 aliphatic heterocycles. The molecule has 9 nitrogen and oxygen atoms in total. The molecule has 1 radical (unpaired) electrons. The van der Waals surface area contributed by atoms with E-state index in [0.29, 0.717) is 5.41 Å². The van der Waals surface area contributed by atoms with E-state index in [1.807, 2.05) is 0 Å². The van der Waals surface area contributed by atoms with Gasteiger partial charge in [0.2, 0.25) is 0 Å². The SMILES string of the molecule is Br.CC(=N\[O-])/C(C)=N/O.CC(=N\[O-])/C(C)=N/[O-].CC(C)(C)C1CC[N-]CC1.[Co]. The summed E-state index contributed by atoms with van der Waals surface area (Å²) in [6.07, 6.45) is 2.62. The first-order valence-electron chi connectivity index (χ1n) is 8.38. The van der Waals surface area contributed by atoms with Crippen LogP contribution in [0.4, 0.5) is 0 Å². The van der Waals surface area contributed by atoms with E-state index in [1.165, 1.54) is 40.5 Å². The van der Waals surface area contributed by atoms with Gasteiger partial charge in [-0.05, 0) is 39.0 Å². The Balaban J connectivity index is -0.000000151. The van der Waals surface area contributed by atoms with Crippen LogP contribution in [0.5, 0.6) is 0 Å². The van der Waals surface area contributed by atoms with Crippen molar-refractivity contribution in [3.8, 4) is 0 Å². The smallest absolute Gasteiger partial charge is 0.0967 e. The molecular formula is C17H32BrCoN5O4-4. The second kappa shape index (κ2) is 19.2. The molecule has 1 N–H and O–H groups in total. The standard InChI is InChI=1S/C9H18N.2C4H8N2O2.BrH.Co/c1-9(2,3)8-4-6-10-7-5-8;2*1-3(5-7)4(2)6-8;;/h8H,4-7H2,1-3H3;2*7-8H,1-2H3;1H;/q-1;;;;/p-3/b;2*5-3+,6-4+;;. The van der Waals surface area contributed by atoms with E-state index < -0.39 is 0 Å². The van der Waals surface area contributed by atoms with Crippen molar-refractivity contribution in [3.63, 3.8) is 0 Å². The van der Waals surface area contributed by atoms with Crippen molar-refractivity contribution in [2.75, 3.05) is 13.1 Å². The molecule has 1 fully saturated rings. The minimum atomic E-state index is 0. The molecule has 1 aliphatic rings. The zero-order chi connectivity index (χ0) is 20.8. The summed E-state index contributed by atoms with van der Waals surface area (Å²) in [5, 5.41) is 51.4. The molecule has 0 aromatic carbocycles. The molecule has 28 heavy (non-hydrogen) atoms. The van der Waals surface area contributed by atoms with Crippen LogP contribution in [0.1, 0.15) is 61.3 Å². The number of rotatable bonds is 2. The maximum absolute atomic E-state index is 9.63. The molecule has 0 unspecified atom stereocenters. The van der Waals surface area contributed by atoms with Gasteiger partial charge in [0, 0.05) is 28.2 Å². The van der Waals surface area contributed by atoms with E-state index in [-0.39, 0.29) is 56.6 Å². The van der Waals surface area contributed by atoms with Crippen LogP contribution in [0.2, 0.25) is 0 Å². The maximum atomic E-state index is 9.63. The summed E-state index contributed by atoms with van der Waals surface area (Å²) < 4.78 is 0. The molecule has 0 spiro atoms. The summed E-state index contributed by atoms with van der Waals surface area (Å²) in [5.41, 5.74) is 1.24. The van der Waals surface area contributed by atoms with Crippen molar-refractivity contribution in [1.82, 2.24) is 0 Å². The summed E-state index contributed by atoms with van der Waals surface area (Å²) in [7, 11) is 0. The fourth-order valence-corrected chi connectivity index (χ4v) is 1.89. The Kier molecular flexibility index (Phi) is 23.5. The van der Waals surface area contributed by atoms with Crippen molar-refractivity contribution in [1.29, 1.82) is 0 Å². The van der Waals surface area contributed by atoms with Gasteiger partial charge in [-0.2, -0.15) is 0 Å². The van der Waals surface area contributed by atoms with E-state index in [9.17, 15) is 15.6 Å². The molecule has 1 saturated heterocycles. The average molecular weight is 509 g/mol. The van der Waals surface area contributed by atoms with Crippen LogP contribution < -0.4 is 0 Å². The van der Waals surface area contributed by atoms with E-state index in [0.717, 1.165) is 19.0 Å². The van der Waals surface area contributed by atoms with E-state index in [1.54, 1.807) is 0 Å². The summed E-state index contributed by atoms with van der Waals surface area (Å²) in [5.74, 6) is 0.907. The fourth-order valence-electron chi connectivity index (χ4n) is 1.89. The van der Waals surface area contributed by atoms with Gasteiger partial charge in [-0.15, -0.1) is 30.1 Å². The van der Waals surface area contributed by atoms with Gasteiger partial charge in [-0.25, -0.2) is 0 Å². The van der Waals surface area contributed by atoms with E-state index >= 15 is 0 Å². The Hall–Kier alpha value is -1.17. The second-order valence-electron chi connectivity index (χ2n) is 7.03. The predicted molar refractivity (Wildman–Crippen MR) is 120 cm³/mol. The van der Waals surface area contributed by atoms with Gasteiger partial charge in [-0.3, -0.25) is 0 Å². The Morgan fingerprint density at radius 3 is 1.32 bits per heavy atom. The quantitative estimate of drug-likeness (QED) is 0.313. The second-order valence-corrected chi connectivity index (χ2v) is 7.03. The van der Waals surface area contributed by atoms with Crippen molar-refractivity contribution in [3.05, 3.63) is 20.9 Å². The third-order valence-electron chi connectivity index (χ3n) is 4.10. The Labute approximate surface area is 189 Å². The number of piperidine rings is 1. The Bertz CT molecular complexity index is 450. The molecule has 1 heterocycles. The first kappa shape index (κ1) is 34.3. The largest absolute Gasteiger partial charge is 0.792 e. The van der Waals surface area contributed by atoms with Crippen LogP contribution in [-0.2, 0) is 16.8 Å². The van der Waals surface area contributed by atoms with Crippen LogP contribution in [0.25, 0.3) is 5.32 Å². The summed E-state index contributed by atoms with van der Waals surface area (Å²) in [4.78, 5) is 0. The number of nitrogens with zero attached hydrogens (tertiary/aromatic N) is 5. The van der Waals surface area contributed by atoms with Gasteiger partial charge in [0.05, 0.1) is 11.4 Å². The minimum Gasteiger partial charge on any atom is -0.792 e. The number of hydrogen-bond donors (Lipinski definition) is 1. The molecule has 1 rings (SSSR count). The Morgan fingerprint density at radius 2 is 1.14 bits per heavy atom. The van der Waals surface area contributed by atoms with Gasteiger partial charge < -0.3 is 41.6 Å². The van der Waals surface area contributed by atoms with Crippen LogP contribution in [0.3, 0.4) is 0 Å². The fraction of sp³-hybridized carbons (Fsp3) is 0.765. The van der Waals surface area contributed by atoms with Gasteiger partial charge in [0.1, 0.15) is 0 Å². The first-order valence-corrected chi connectivity index (χ1v) is 8.38.